The molecule has 2 nitrogen and oxygen atoms in total. The van der Waals surface area contributed by atoms with Gasteiger partial charge in [-0.25, -0.2) is 0 Å². The highest BCUT2D eigenvalue weighted by Gasteiger charge is 1.93. The van der Waals surface area contributed by atoms with Gasteiger partial charge in [0.25, 0.3) is 0 Å². The third-order valence-electron chi connectivity index (χ3n) is 3.28. The third kappa shape index (κ3) is 7.33. The van der Waals surface area contributed by atoms with Crippen LogP contribution in [0, 0.1) is 0 Å². The summed E-state index contributed by atoms with van der Waals surface area (Å²) < 4.78 is 0. The quantitative estimate of drug-likeness (QED) is 0.489. The van der Waals surface area contributed by atoms with Gasteiger partial charge in [-0.15, -0.1) is 0 Å². The average Bonchev–Trinajstić information content (AvgIpc) is 2.39. The van der Waals surface area contributed by atoms with E-state index in [1.54, 1.807) is 0 Å². The van der Waals surface area contributed by atoms with Gasteiger partial charge in [0, 0.05) is 5.69 Å². The molecule has 102 valence electrons. The van der Waals surface area contributed by atoms with Crippen LogP contribution in [0.25, 0.3) is 0 Å². The molecule has 2 heteroatoms. The van der Waals surface area contributed by atoms with Crippen molar-refractivity contribution in [2.75, 3.05) is 18.8 Å². The molecule has 0 amide bonds. The molecule has 1 aromatic rings. The normalized spacial score (nSPS) is 10.7. The van der Waals surface area contributed by atoms with Gasteiger partial charge in [-0.3, -0.25) is 0 Å². The highest BCUT2D eigenvalue weighted by molar-refractivity contribution is 5.39. The smallest absolute Gasteiger partial charge is 0.0314 e. The summed E-state index contributed by atoms with van der Waals surface area (Å²) in [4.78, 5) is 0. The minimum Gasteiger partial charge on any atom is -0.399 e. The first-order valence-electron chi connectivity index (χ1n) is 7.38. The zero-order valence-electron chi connectivity index (χ0n) is 11.8. The maximum atomic E-state index is 5.66. The maximum Gasteiger partial charge on any atom is 0.0314 e. The number of nitrogens with one attached hydrogen (secondary N) is 1. The molecular weight excluding hydrogens is 220 g/mol. The molecule has 1 rings (SSSR count). The highest BCUT2D eigenvalue weighted by Crippen LogP contribution is 2.06. The van der Waals surface area contributed by atoms with Gasteiger partial charge in [-0.2, -0.15) is 0 Å². The summed E-state index contributed by atoms with van der Waals surface area (Å²) in [6, 6.07) is 8.18. The molecule has 0 saturated carbocycles. The van der Waals surface area contributed by atoms with Crippen molar-refractivity contribution < 1.29 is 0 Å². The molecule has 0 spiro atoms. The molecule has 18 heavy (non-hydrogen) atoms. The number of hydrogen-bond donors (Lipinski definition) is 2. The Hall–Kier alpha value is -1.02. The summed E-state index contributed by atoms with van der Waals surface area (Å²) in [6.45, 7) is 4.48. The van der Waals surface area contributed by atoms with Crippen molar-refractivity contribution in [3.63, 3.8) is 0 Å². The van der Waals surface area contributed by atoms with E-state index in [0.29, 0.717) is 0 Å². The molecule has 0 aliphatic carbocycles. The van der Waals surface area contributed by atoms with Crippen LogP contribution in [0.1, 0.15) is 51.0 Å². The Bertz CT molecular complexity index is 292. The lowest BCUT2D eigenvalue weighted by Gasteiger charge is -2.05. The fraction of sp³-hybridized carbons (Fsp3) is 0.625. The first kappa shape index (κ1) is 15.0. The molecule has 0 aliphatic rings. The first-order chi connectivity index (χ1) is 8.83. The Balaban J connectivity index is 1.91. The second kappa shape index (κ2) is 9.95. The molecule has 0 radical (unpaired) electrons. The van der Waals surface area contributed by atoms with Crippen molar-refractivity contribution in [3.8, 4) is 0 Å². The molecule has 0 aliphatic heterocycles. The number of anilines is 1. The number of rotatable bonds is 10. The van der Waals surface area contributed by atoms with Crippen LogP contribution < -0.4 is 11.1 Å². The van der Waals surface area contributed by atoms with Crippen molar-refractivity contribution in [1.29, 1.82) is 0 Å². The molecule has 0 unspecified atom stereocenters. The van der Waals surface area contributed by atoms with Crippen LogP contribution in [-0.2, 0) is 6.42 Å². The van der Waals surface area contributed by atoms with Gasteiger partial charge >= 0.3 is 0 Å². The average molecular weight is 248 g/mol. The third-order valence-corrected chi connectivity index (χ3v) is 3.28. The van der Waals surface area contributed by atoms with E-state index in [4.69, 9.17) is 5.73 Å². The Kier molecular flexibility index (Phi) is 8.32. The summed E-state index contributed by atoms with van der Waals surface area (Å²) in [5, 5.41) is 3.51. The molecule has 3 N–H and O–H groups in total. The van der Waals surface area contributed by atoms with Crippen LogP contribution in [0.5, 0.6) is 0 Å². The van der Waals surface area contributed by atoms with Crippen LogP contribution in [-0.4, -0.2) is 13.1 Å². The summed E-state index contributed by atoms with van der Waals surface area (Å²) in [7, 11) is 0. The van der Waals surface area contributed by atoms with Crippen LogP contribution in [0.2, 0.25) is 0 Å². The lowest BCUT2D eigenvalue weighted by atomic mass is 10.1. The second-order valence-electron chi connectivity index (χ2n) is 5.01. The minimum absolute atomic E-state index is 0.846. The molecule has 0 atom stereocenters. The number of nitrogen functional groups attached to an aromatic ring is 1. The SMILES string of the molecule is CCCCCCCCNCCc1ccc(N)cc1. The maximum absolute atomic E-state index is 5.66. The zero-order chi connectivity index (χ0) is 13.1. The highest BCUT2D eigenvalue weighted by atomic mass is 14.8. The van der Waals surface area contributed by atoms with Gasteiger partial charge in [0.05, 0.1) is 0 Å². The summed E-state index contributed by atoms with van der Waals surface area (Å²) in [6.07, 6.45) is 9.30. The van der Waals surface area contributed by atoms with E-state index in [0.717, 1.165) is 25.2 Å². The summed E-state index contributed by atoms with van der Waals surface area (Å²) in [5.41, 5.74) is 7.86. The summed E-state index contributed by atoms with van der Waals surface area (Å²) >= 11 is 0. The van der Waals surface area contributed by atoms with E-state index in [-0.39, 0.29) is 0 Å². The number of benzene rings is 1. The standard InChI is InChI=1S/C16H28N2/c1-2-3-4-5-6-7-13-18-14-12-15-8-10-16(17)11-9-15/h8-11,18H,2-7,12-14,17H2,1H3. The fourth-order valence-corrected chi connectivity index (χ4v) is 2.07. The molecule has 0 aromatic heterocycles. The lowest BCUT2D eigenvalue weighted by Crippen LogP contribution is -2.18. The molecule has 0 bridgehead atoms. The van der Waals surface area contributed by atoms with Crippen molar-refractivity contribution >= 4 is 5.69 Å². The molecule has 0 fully saturated rings. The van der Waals surface area contributed by atoms with Crippen LogP contribution in [0.15, 0.2) is 24.3 Å². The Morgan fingerprint density at radius 3 is 2.28 bits per heavy atom. The van der Waals surface area contributed by atoms with Gasteiger partial charge in [0.15, 0.2) is 0 Å². The van der Waals surface area contributed by atoms with Crippen LogP contribution >= 0.6 is 0 Å². The van der Waals surface area contributed by atoms with Gasteiger partial charge in [0.1, 0.15) is 0 Å². The van der Waals surface area contributed by atoms with Gasteiger partial charge in [-0.05, 0) is 43.6 Å². The predicted molar refractivity (Wildman–Crippen MR) is 80.8 cm³/mol. The Morgan fingerprint density at radius 2 is 1.56 bits per heavy atom. The topological polar surface area (TPSA) is 38.0 Å². The Morgan fingerprint density at radius 1 is 0.889 bits per heavy atom. The number of unbranched alkanes of at least 4 members (excludes halogenated alkanes) is 5. The predicted octanol–water partition coefficient (Wildman–Crippen LogP) is 3.76. The van der Waals surface area contributed by atoms with Crippen LogP contribution in [0.3, 0.4) is 0 Å². The minimum atomic E-state index is 0.846. The van der Waals surface area contributed by atoms with E-state index in [9.17, 15) is 0 Å². The van der Waals surface area contributed by atoms with Crippen molar-refractivity contribution in [3.05, 3.63) is 29.8 Å². The van der Waals surface area contributed by atoms with Crippen LogP contribution in [0.4, 0.5) is 5.69 Å². The molecular formula is C16H28N2. The van der Waals surface area contributed by atoms with E-state index in [1.165, 1.54) is 44.1 Å². The van der Waals surface area contributed by atoms with E-state index in [1.807, 2.05) is 12.1 Å². The molecule has 0 heterocycles. The molecule has 0 saturated heterocycles. The second-order valence-corrected chi connectivity index (χ2v) is 5.01. The monoisotopic (exact) mass is 248 g/mol. The number of hydrogen-bond acceptors (Lipinski definition) is 2. The fourth-order valence-electron chi connectivity index (χ4n) is 2.07. The van der Waals surface area contributed by atoms with Crippen molar-refractivity contribution in [2.24, 2.45) is 0 Å². The first-order valence-corrected chi connectivity index (χ1v) is 7.38. The van der Waals surface area contributed by atoms with Gasteiger partial charge in [0.2, 0.25) is 0 Å². The van der Waals surface area contributed by atoms with E-state index in [2.05, 4.69) is 24.4 Å². The van der Waals surface area contributed by atoms with Crippen molar-refractivity contribution in [2.45, 2.75) is 51.9 Å². The molecule has 1 aromatic carbocycles. The van der Waals surface area contributed by atoms with E-state index < -0.39 is 0 Å². The van der Waals surface area contributed by atoms with Gasteiger partial charge < -0.3 is 11.1 Å². The van der Waals surface area contributed by atoms with Crippen molar-refractivity contribution in [1.82, 2.24) is 5.32 Å². The zero-order valence-corrected chi connectivity index (χ0v) is 11.8. The number of nitrogens with two attached hydrogens (primary N) is 1. The van der Waals surface area contributed by atoms with Gasteiger partial charge in [-0.1, -0.05) is 51.2 Å². The largest absolute Gasteiger partial charge is 0.399 e. The lowest BCUT2D eigenvalue weighted by molar-refractivity contribution is 0.573. The summed E-state index contributed by atoms with van der Waals surface area (Å²) in [5.74, 6) is 0. The Labute approximate surface area is 112 Å². The van der Waals surface area contributed by atoms with E-state index >= 15 is 0 Å².